The van der Waals surface area contributed by atoms with Gasteiger partial charge in [-0.25, -0.2) is 0 Å². The van der Waals surface area contributed by atoms with Gasteiger partial charge in [0.15, 0.2) is 5.78 Å². The van der Waals surface area contributed by atoms with Gasteiger partial charge in [-0.2, -0.15) is 0 Å². The molecule has 0 amide bonds. The first-order chi connectivity index (χ1) is 7.63. The highest BCUT2D eigenvalue weighted by molar-refractivity contribution is 5.98. The molecule has 0 bridgehead atoms. The molecule has 1 saturated carbocycles. The van der Waals surface area contributed by atoms with E-state index in [4.69, 9.17) is 0 Å². The maximum atomic E-state index is 11.3. The van der Waals surface area contributed by atoms with E-state index >= 15 is 0 Å². The number of carbonyl (C=O) groups excluding carboxylic acids is 1. The summed E-state index contributed by atoms with van der Waals surface area (Å²) in [5, 5.41) is 19.0. The largest absolute Gasteiger partial charge is 0.393 e. The Kier molecular flexibility index (Phi) is 5.71. The van der Waals surface area contributed by atoms with Crippen LogP contribution in [-0.4, -0.2) is 28.2 Å². The van der Waals surface area contributed by atoms with E-state index in [2.05, 4.69) is 6.92 Å². The Morgan fingerprint density at radius 2 is 2.19 bits per heavy atom. The number of unbranched alkanes of at least 4 members (excludes halogenated alkanes) is 2. The van der Waals surface area contributed by atoms with Crippen LogP contribution in [0.15, 0.2) is 11.6 Å². The minimum atomic E-state index is -0.504. The first-order valence-electron chi connectivity index (χ1n) is 6.21. The molecule has 3 heteroatoms. The lowest BCUT2D eigenvalue weighted by Gasteiger charge is -2.07. The summed E-state index contributed by atoms with van der Waals surface area (Å²) in [6.07, 6.45) is 6.33. The lowest BCUT2D eigenvalue weighted by molar-refractivity contribution is -0.115. The molecule has 0 aromatic carbocycles. The summed E-state index contributed by atoms with van der Waals surface area (Å²) in [4.78, 5) is 11.3. The summed E-state index contributed by atoms with van der Waals surface area (Å²) >= 11 is 0. The monoisotopic (exact) mass is 226 g/mol. The number of carbonyl (C=O) groups is 1. The van der Waals surface area contributed by atoms with Crippen molar-refractivity contribution in [2.75, 3.05) is 0 Å². The number of ketones is 1. The van der Waals surface area contributed by atoms with E-state index in [1.54, 1.807) is 6.08 Å². The quantitative estimate of drug-likeness (QED) is 0.538. The van der Waals surface area contributed by atoms with Gasteiger partial charge in [0, 0.05) is 12.8 Å². The van der Waals surface area contributed by atoms with Gasteiger partial charge >= 0.3 is 0 Å². The van der Waals surface area contributed by atoms with Crippen LogP contribution in [0.3, 0.4) is 0 Å². The Bertz CT molecular complexity index is 258. The highest BCUT2D eigenvalue weighted by atomic mass is 16.3. The Hall–Kier alpha value is -0.670. The lowest BCUT2D eigenvalue weighted by Crippen LogP contribution is -2.05. The van der Waals surface area contributed by atoms with Gasteiger partial charge in [0.05, 0.1) is 12.2 Å². The normalized spacial score (nSPS) is 25.3. The molecule has 0 heterocycles. The molecule has 0 aromatic rings. The third kappa shape index (κ3) is 4.45. The molecule has 1 aliphatic carbocycles. The Morgan fingerprint density at radius 3 is 2.75 bits per heavy atom. The molecule has 1 rings (SSSR count). The smallest absolute Gasteiger partial charge is 0.161 e. The van der Waals surface area contributed by atoms with Crippen molar-refractivity contribution in [3.8, 4) is 0 Å². The second-order valence-electron chi connectivity index (χ2n) is 4.60. The molecule has 0 aromatic heterocycles. The molecule has 0 radical (unpaired) electrons. The average Bonchev–Trinajstić information content (AvgIpc) is 2.55. The second kappa shape index (κ2) is 6.81. The summed E-state index contributed by atoms with van der Waals surface area (Å²) in [7, 11) is 0. The molecular formula is C13H22O3. The van der Waals surface area contributed by atoms with Crippen LogP contribution in [-0.2, 0) is 4.79 Å². The summed E-state index contributed by atoms with van der Waals surface area (Å²) in [5.74, 6) is 0.0354. The zero-order chi connectivity index (χ0) is 12.0. The molecular weight excluding hydrogens is 204 g/mol. The summed E-state index contributed by atoms with van der Waals surface area (Å²) in [6, 6.07) is 0. The molecule has 2 unspecified atom stereocenters. The van der Waals surface area contributed by atoms with E-state index in [0.717, 1.165) is 25.7 Å². The van der Waals surface area contributed by atoms with Crippen LogP contribution in [0.1, 0.15) is 51.9 Å². The predicted molar refractivity (Wildman–Crippen MR) is 63.1 cm³/mol. The fourth-order valence-electron chi connectivity index (χ4n) is 2.01. The standard InChI is InChI=1S/C13H22O3/c1-2-3-4-5-11(14)7-6-10-8-12(15)9-13(10)16/h6,11-12,14-15H,2-5,7-9H2,1H3/b10-6+. The number of aliphatic hydroxyl groups is 2. The van der Waals surface area contributed by atoms with Gasteiger partial charge < -0.3 is 10.2 Å². The van der Waals surface area contributed by atoms with Crippen molar-refractivity contribution in [1.29, 1.82) is 0 Å². The molecule has 0 saturated heterocycles. The van der Waals surface area contributed by atoms with Crippen LogP contribution in [0.25, 0.3) is 0 Å². The van der Waals surface area contributed by atoms with Crippen molar-refractivity contribution in [3.05, 3.63) is 11.6 Å². The Balaban J connectivity index is 2.27. The third-order valence-electron chi connectivity index (χ3n) is 3.01. The van der Waals surface area contributed by atoms with Gasteiger partial charge in [-0.3, -0.25) is 4.79 Å². The fraction of sp³-hybridized carbons (Fsp3) is 0.769. The van der Waals surface area contributed by atoms with Crippen LogP contribution >= 0.6 is 0 Å². The van der Waals surface area contributed by atoms with Crippen molar-refractivity contribution >= 4 is 5.78 Å². The van der Waals surface area contributed by atoms with Crippen LogP contribution in [0, 0.1) is 0 Å². The lowest BCUT2D eigenvalue weighted by atomic mass is 10.1. The minimum absolute atomic E-state index is 0.0354. The molecule has 92 valence electrons. The number of Topliss-reactive ketones (excluding diaryl/α,β-unsaturated/α-hetero) is 1. The molecule has 0 aliphatic heterocycles. The Labute approximate surface area is 97.2 Å². The van der Waals surface area contributed by atoms with Crippen molar-refractivity contribution in [2.45, 2.75) is 64.1 Å². The molecule has 1 aliphatic rings. The van der Waals surface area contributed by atoms with Crippen LogP contribution in [0.5, 0.6) is 0 Å². The van der Waals surface area contributed by atoms with Gasteiger partial charge in [-0.15, -0.1) is 0 Å². The van der Waals surface area contributed by atoms with Gasteiger partial charge in [-0.05, 0) is 18.4 Å². The van der Waals surface area contributed by atoms with Gasteiger partial charge in [0.25, 0.3) is 0 Å². The first kappa shape index (κ1) is 13.4. The first-order valence-corrected chi connectivity index (χ1v) is 6.21. The topological polar surface area (TPSA) is 57.5 Å². The summed E-state index contributed by atoms with van der Waals surface area (Å²) in [6.45, 7) is 2.13. The molecule has 2 N–H and O–H groups in total. The average molecular weight is 226 g/mol. The third-order valence-corrected chi connectivity index (χ3v) is 3.01. The highest BCUT2D eigenvalue weighted by Crippen LogP contribution is 2.22. The van der Waals surface area contributed by atoms with Crippen LogP contribution < -0.4 is 0 Å². The van der Waals surface area contributed by atoms with Gasteiger partial charge in [0.2, 0.25) is 0 Å². The maximum absolute atomic E-state index is 11.3. The van der Waals surface area contributed by atoms with E-state index < -0.39 is 6.10 Å². The van der Waals surface area contributed by atoms with Crippen LogP contribution in [0.4, 0.5) is 0 Å². The summed E-state index contributed by atoms with van der Waals surface area (Å²) < 4.78 is 0. The number of aliphatic hydroxyl groups excluding tert-OH is 2. The van der Waals surface area contributed by atoms with Crippen LogP contribution in [0.2, 0.25) is 0 Å². The highest BCUT2D eigenvalue weighted by Gasteiger charge is 2.24. The molecule has 16 heavy (non-hydrogen) atoms. The Morgan fingerprint density at radius 1 is 1.44 bits per heavy atom. The van der Waals surface area contributed by atoms with Crippen molar-refractivity contribution in [2.24, 2.45) is 0 Å². The predicted octanol–water partition coefficient (Wildman–Crippen LogP) is 1.97. The second-order valence-corrected chi connectivity index (χ2v) is 4.60. The zero-order valence-electron chi connectivity index (χ0n) is 9.98. The van der Waals surface area contributed by atoms with Gasteiger partial charge in [0.1, 0.15) is 0 Å². The van der Waals surface area contributed by atoms with Gasteiger partial charge in [-0.1, -0.05) is 32.3 Å². The summed E-state index contributed by atoms with van der Waals surface area (Å²) in [5.41, 5.74) is 0.696. The zero-order valence-corrected chi connectivity index (χ0v) is 9.98. The number of hydrogen-bond acceptors (Lipinski definition) is 3. The molecule has 0 spiro atoms. The number of hydrogen-bond donors (Lipinski definition) is 2. The molecule has 3 nitrogen and oxygen atoms in total. The van der Waals surface area contributed by atoms with E-state index in [1.807, 2.05) is 0 Å². The van der Waals surface area contributed by atoms with Crippen molar-refractivity contribution in [1.82, 2.24) is 0 Å². The SMILES string of the molecule is CCCCCC(O)C/C=C1\CC(O)CC1=O. The van der Waals surface area contributed by atoms with E-state index in [-0.39, 0.29) is 18.3 Å². The fourth-order valence-corrected chi connectivity index (χ4v) is 2.01. The number of rotatable bonds is 6. The van der Waals surface area contributed by atoms with Crippen molar-refractivity contribution in [3.63, 3.8) is 0 Å². The van der Waals surface area contributed by atoms with E-state index in [9.17, 15) is 15.0 Å². The minimum Gasteiger partial charge on any atom is -0.393 e. The van der Waals surface area contributed by atoms with E-state index in [0.29, 0.717) is 18.4 Å². The van der Waals surface area contributed by atoms with E-state index in [1.165, 1.54) is 0 Å². The molecule has 1 fully saturated rings. The van der Waals surface area contributed by atoms with Crippen molar-refractivity contribution < 1.29 is 15.0 Å². The molecule has 2 atom stereocenters. The maximum Gasteiger partial charge on any atom is 0.161 e.